The summed E-state index contributed by atoms with van der Waals surface area (Å²) < 4.78 is 5.39. The zero-order chi connectivity index (χ0) is 18.7. The molecular weight excluding hydrogens is 399 g/mol. The molecule has 0 aliphatic carbocycles. The van der Waals surface area contributed by atoms with Crippen LogP contribution >= 0.6 is 34.8 Å². The van der Waals surface area contributed by atoms with Crippen molar-refractivity contribution in [3.63, 3.8) is 0 Å². The molecular formula is C18H15Cl3N2O3. The van der Waals surface area contributed by atoms with Crippen LogP contribution in [0.5, 0.6) is 5.75 Å². The maximum atomic E-state index is 12.0. The molecule has 1 aliphatic heterocycles. The van der Waals surface area contributed by atoms with Crippen LogP contribution in [0.15, 0.2) is 36.4 Å². The Labute approximate surface area is 165 Å². The van der Waals surface area contributed by atoms with Gasteiger partial charge in [0.05, 0.1) is 15.1 Å². The van der Waals surface area contributed by atoms with Crippen LogP contribution in [0, 0.1) is 0 Å². The van der Waals surface area contributed by atoms with Crippen molar-refractivity contribution >= 4 is 58.0 Å². The fourth-order valence-electron chi connectivity index (χ4n) is 2.60. The van der Waals surface area contributed by atoms with Gasteiger partial charge in [-0.05, 0) is 36.8 Å². The number of hydrogen-bond donors (Lipinski definition) is 1. The molecule has 1 aliphatic rings. The number of anilines is 2. The summed E-state index contributed by atoms with van der Waals surface area (Å²) in [5.74, 6) is 0.0462. The second-order valence-electron chi connectivity index (χ2n) is 5.73. The first-order chi connectivity index (χ1) is 12.4. The van der Waals surface area contributed by atoms with Gasteiger partial charge in [0.15, 0.2) is 6.61 Å². The van der Waals surface area contributed by atoms with Crippen LogP contribution < -0.4 is 15.0 Å². The number of benzene rings is 2. The van der Waals surface area contributed by atoms with Crippen molar-refractivity contribution in [1.82, 2.24) is 0 Å². The Bertz CT molecular complexity index is 840. The molecule has 2 aromatic rings. The molecule has 0 saturated carbocycles. The Morgan fingerprint density at radius 3 is 2.42 bits per heavy atom. The predicted octanol–water partition coefficient (Wildman–Crippen LogP) is 4.79. The summed E-state index contributed by atoms with van der Waals surface area (Å²) in [7, 11) is 0. The number of hydrogen-bond acceptors (Lipinski definition) is 3. The second-order valence-corrected chi connectivity index (χ2v) is 6.95. The molecule has 3 rings (SSSR count). The third-order valence-corrected chi connectivity index (χ3v) is 4.89. The van der Waals surface area contributed by atoms with Gasteiger partial charge >= 0.3 is 0 Å². The van der Waals surface area contributed by atoms with Crippen molar-refractivity contribution in [1.29, 1.82) is 0 Å². The van der Waals surface area contributed by atoms with E-state index in [1.54, 1.807) is 29.2 Å². The number of amides is 2. The maximum Gasteiger partial charge on any atom is 0.262 e. The molecule has 0 bridgehead atoms. The van der Waals surface area contributed by atoms with E-state index < -0.39 is 0 Å². The number of carbonyl (C=O) groups excluding carboxylic acids is 2. The molecule has 26 heavy (non-hydrogen) atoms. The van der Waals surface area contributed by atoms with Gasteiger partial charge in [-0.3, -0.25) is 9.59 Å². The zero-order valence-corrected chi connectivity index (χ0v) is 15.9. The van der Waals surface area contributed by atoms with Crippen LogP contribution in [-0.4, -0.2) is 25.0 Å². The highest BCUT2D eigenvalue weighted by Crippen LogP contribution is 2.33. The summed E-state index contributed by atoms with van der Waals surface area (Å²) in [6.07, 6.45) is 1.44. The lowest BCUT2D eigenvalue weighted by atomic mass is 10.2. The fraction of sp³-hybridized carbons (Fsp3) is 0.222. The lowest BCUT2D eigenvalue weighted by molar-refractivity contribution is -0.118. The van der Waals surface area contributed by atoms with Crippen molar-refractivity contribution in [3.8, 4) is 5.75 Å². The number of ether oxygens (including phenoxy) is 1. The number of carbonyl (C=O) groups is 2. The monoisotopic (exact) mass is 412 g/mol. The number of nitrogens with one attached hydrogen (secondary N) is 1. The van der Waals surface area contributed by atoms with Crippen LogP contribution in [0.3, 0.4) is 0 Å². The lowest BCUT2D eigenvalue weighted by Gasteiger charge is -2.16. The van der Waals surface area contributed by atoms with Gasteiger partial charge in [0.25, 0.3) is 5.91 Å². The first-order valence-corrected chi connectivity index (χ1v) is 9.05. The standard InChI is InChI=1S/C18H15Cl3N2O3/c19-13-8-15(21)16(9-14(13)20)26-10-17(24)22-11-3-5-12(6-4-11)23-7-1-2-18(23)25/h3-6,8-9H,1-2,7,10H2,(H,22,24). The van der Waals surface area contributed by atoms with Crippen molar-refractivity contribution in [2.75, 3.05) is 23.4 Å². The highest BCUT2D eigenvalue weighted by Gasteiger charge is 2.21. The minimum atomic E-state index is -0.350. The minimum absolute atomic E-state index is 0.119. The third kappa shape index (κ3) is 4.41. The van der Waals surface area contributed by atoms with Gasteiger partial charge in [-0.2, -0.15) is 0 Å². The van der Waals surface area contributed by atoms with Gasteiger partial charge in [0.1, 0.15) is 5.75 Å². The van der Waals surface area contributed by atoms with Crippen molar-refractivity contribution < 1.29 is 14.3 Å². The number of halogens is 3. The summed E-state index contributed by atoms with van der Waals surface area (Å²) >= 11 is 17.8. The second kappa shape index (κ2) is 8.16. The maximum absolute atomic E-state index is 12.0. The van der Waals surface area contributed by atoms with Gasteiger partial charge in [-0.1, -0.05) is 34.8 Å². The van der Waals surface area contributed by atoms with Crippen LogP contribution in [0.1, 0.15) is 12.8 Å². The molecule has 0 aromatic heterocycles. The zero-order valence-electron chi connectivity index (χ0n) is 13.6. The molecule has 0 spiro atoms. The average molecular weight is 414 g/mol. The van der Waals surface area contributed by atoms with E-state index in [1.165, 1.54) is 12.1 Å². The Morgan fingerprint density at radius 1 is 1.08 bits per heavy atom. The highest BCUT2D eigenvalue weighted by atomic mass is 35.5. The molecule has 2 amide bonds. The first-order valence-electron chi connectivity index (χ1n) is 7.91. The van der Waals surface area contributed by atoms with E-state index in [0.717, 1.165) is 18.7 Å². The Hall–Kier alpha value is -1.95. The molecule has 136 valence electrons. The molecule has 1 fully saturated rings. The van der Waals surface area contributed by atoms with Gasteiger partial charge in [-0.15, -0.1) is 0 Å². The molecule has 2 aromatic carbocycles. The molecule has 0 radical (unpaired) electrons. The Balaban J connectivity index is 1.56. The van der Waals surface area contributed by atoms with Crippen LogP contribution in [0.2, 0.25) is 15.1 Å². The van der Waals surface area contributed by atoms with Crippen molar-refractivity contribution in [2.45, 2.75) is 12.8 Å². The summed E-state index contributed by atoms with van der Waals surface area (Å²) in [5, 5.41) is 3.59. The molecule has 0 unspecified atom stereocenters. The summed E-state index contributed by atoms with van der Waals surface area (Å²) in [6, 6.07) is 10.00. The fourth-order valence-corrected chi connectivity index (χ4v) is 3.19. The van der Waals surface area contributed by atoms with Gasteiger partial charge in [0.2, 0.25) is 5.91 Å². The van der Waals surface area contributed by atoms with Crippen molar-refractivity contribution in [3.05, 3.63) is 51.5 Å². The third-order valence-electron chi connectivity index (χ3n) is 3.87. The normalized spacial score (nSPS) is 13.8. The van der Waals surface area contributed by atoms with E-state index in [-0.39, 0.29) is 29.2 Å². The predicted molar refractivity (Wildman–Crippen MR) is 104 cm³/mol. The van der Waals surface area contributed by atoms with E-state index in [0.29, 0.717) is 22.2 Å². The molecule has 1 heterocycles. The van der Waals surface area contributed by atoms with E-state index in [2.05, 4.69) is 5.32 Å². The summed E-state index contributed by atoms with van der Waals surface area (Å²) in [6.45, 7) is 0.493. The summed E-state index contributed by atoms with van der Waals surface area (Å²) in [4.78, 5) is 25.5. The largest absolute Gasteiger partial charge is 0.482 e. The molecule has 1 saturated heterocycles. The van der Waals surface area contributed by atoms with E-state index >= 15 is 0 Å². The lowest BCUT2D eigenvalue weighted by Crippen LogP contribution is -2.23. The van der Waals surface area contributed by atoms with Gasteiger partial charge in [-0.25, -0.2) is 0 Å². The topological polar surface area (TPSA) is 58.6 Å². The molecule has 8 heteroatoms. The van der Waals surface area contributed by atoms with E-state index in [9.17, 15) is 9.59 Å². The molecule has 1 N–H and O–H groups in total. The SMILES string of the molecule is O=C(COc1cc(Cl)c(Cl)cc1Cl)Nc1ccc(N2CCCC2=O)cc1. The van der Waals surface area contributed by atoms with E-state index in [1.807, 2.05) is 0 Å². The number of nitrogens with zero attached hydrogens (tertiary/aromatic N) is 1. The number of rotatable bonds is 5. The van der Waals surface area contributed by atoms with Crippen LogP contribution in [0.25, 0.3) is 0 Å². The Kier molecular flexibility index (Phi) is 5.91. The first kappa shape index (κ1) is 18.8. The smallest absolute Gasteiger partial charge is 0.262 e. The molecule has 5 nitrogen and oxygen atoms in total. The average Bonchev–Trinajstić information content (AvgIpc) is 3.04. The van der Waals surface area contributed by atoms with Crippen molar-refractivity contribution in [2.24, 2.45) is 0 Å². The van der Waals surface area contributed by atoms with Crippen LogP contribution in [-0.2, 0) is 9.59 Å². The quantitative estimate of drug-likeness (QED) is 0.717. The summed E-state index contributed by atoms with van der Waals surface area (Å²) in [5.41, 5.74) is 1.43. The van der Waals surface area contributed by atoms with Crippen LogP contribution in [0.4, 0.5) is 11.4 Å². The highest BCUT2D eigenvalue weighted by molar-refractivity contribution is 6.43. The minimum Gasteiger partial charge on any atom is -0.482 e. The van der Waals surface area contributed by atoms with Gasteiger partial charge < -0.3 is 15.0 Å². The Morgan fingerprint density at radius 2 is 1.77 bits per heavy atom. The van der Waals surface area contributed by atoms with Gasteiger partial charge in [0, 0.05) is 30.4 Å². The molecule has 0 atom stereocenters. The van der Waals surface area contributed by atoms with E-state index in [4.69, 9.17) is 39.5 Å².